The van der Waals surface area contributed by atoms with E-state index in [9.17, 15) is 4.39 Å². The fraction of sp³-hybridized carbons (Fsp3) is 0.538. The number of halogens is 2. The van der Waals surface area contributed by atoms with Crippen LogP contribution < -0.4 is 5.73 Å². The van der Waals surface area contributed by atoms with Crippen molar-refractivity contribution < 1.29 is 4.39 Å². The van der Waals surface area contributed by atoms with Gasteiger partial charge in [-0.05, 0) is 43.8 Å². The van der Waals surface area contributed by atoms with E-state index in [4.69, 9.17) is 5.73 Å². The number of nitrogens with zero attached hydrogens (tertiary/aromatic N) is 1. The minimum Gasteiger partial charge on any atom is -0.329 e. The van der Waals surface area contributed by atoms with E-state index in [1.54, 1.807) is 12.1 Å². The number of hydrogen-bond donors (Lipinski definition) is 1. The molecule has 96 valence electrons. The van der Waals surface area contributed by atoms with Gasteiger partial charge in [0.1, 0.15) is 5.82 Å². The Bertz CT molecular complexity index is 357. The van der Waals surface area contributed by atoms with Crippen LogP contribution >= 0.6 is 15.9 Å². The number of hydrogen-bond acceptors (Lipinski definition) is 2. The molecule has 0 spiro atoms. The monoisotopic (exact) mass is 302 g/mol. The molecule has 0 aliphatic heterocycles. The van der Waals surface area contributed by atoms with Crippen molar-refractivity contribution in [3.05, 3.63) is 34.1 Å². The maximum Gasteiger partial charge on any atom is 0.123 e. The van der Waals surface area contributed by atoms with Crippen LogP contribution in [0.15, 0.2) is 22.7 Å². The number of nitrogens with two attached hydrogens (primary N) is 1. The molecule has 0 amide bonds. The molecule has 1 atom stereocenters. The molecule has 1 rings (SSSR count). The summed E-state index contributed by atoms with van der Waals surface area (Å²) in [6.45, 7) is 3.62. The van der Waals surface area contributed by atoms with Crippen LogP contribution in [0.2, 0.25) is 0 Å². The molecule has 2 nitrogen and oxygen atoms in total. The Balaban J connectivity index is 2.88. The van der Waals surface area contributed by atoms with E-state index < -0.39 is 0 Å². The Labute approximate surface area is 111 Å². The highest BCUT2D eigenvalue weighted by Gasteiger charge is 2.18. The van der Waals surface area contributed by atoms with Crippen molar-refractivity contribution in [2.45, 2.75) is 25.8 Å². The molecule has 0 fully saturated rings. The molecule has 0 saturated carbocycles. The predicted molar refractivity (Wildman–Crippen MR) is 73.4 cm³/mol. The fourth-order valence-corrected chi connectivity index (χ4v) is 2.39. The van der Waals surface area contributed by atoms with E-state index >= 15 is 0 Å². The summed E-state index contributed by atoms with van der Waals surface area (Å²) in [5, 5.41) is 0. The third kappa shape index (κ3) is 4.05. The van der Waals surface area contributed by atoms with Crippen molar-refractivity contribution in [2.75, 3.05) is 20.1 Å². The molecule has 1 unspecified atom stereocenters. The Morgan fingerprint density at radius 3 is 2.76 bits per heavy atom. The van der Waals surface area contributed by atoms with E-state index in [-0.39, 0.29) is 11.9 Å². The average Bonchev–Trinajstić information content (AvgIpc) is 2.32. The first-order valence-electron chi connectivity index (χ1n) is 5.95. The lowest BCUT2D eigenvalue weighted by Crippen LogP contribution is -2.31. The van der Waals surface area contributed by atoms with Crippen LogP contribution in [-0.2, 0) is 0 Å². The average molecular weight is 303 g/mol. The van der Waals surface area contributed by atoms with Crippen molar-refractivity contribution in [3.63, 3.8) is 0 Å². The fourth-order valence-electron chi connectivity index (χ4n) is 1.88. The van der Waals surface area contributed by atoms with E-state index in [0.29, 0.717) is 6.54 Å². The Morgan fingerprint density at radius 1 is 1.47 bits per heavy atom. The quantitative estimate of drug-likeness (QED) is 0.873. The van der Waals surface area contributed by atoms with Crippen LogP contribution in [0.4, 0.5) is 4.39 Å². The minimum absolute atomic E-state index is 0.0617. The summed E-state index contributed by atoms with van der Waals surface area (Å²) < 4.78 is 14.2. The molecular weight excluding hydrogens is 283 g/mol. The highest BCUT2D eigenvalue weighted by Crippen LogP contribution is 2.27. The molecule has 0 saturated heterocycles. The second-order valence-corrected chi connectivity index (χ2v) is 5.11. The summed E-state index contributed by atoms with van der Waals surface area (Å²) in [6.07, 6.45) is 2.27. The van der Waals surface area contributed by atoms with Gasteiger partial charge in [0.25, 0.3) is 0 Å². The highest BCUT2D eigenvalue weighted by atomic mass is 79.9. The third-order valence-electron chi connectivity index (χ3n) is 2.94. The second kappa shape index (κ2) is 7.09. The highest BCUT2D eigenvalue weighted by molar-refractivity contribution is 9.10. The smallest absolute Gasteiger partial charge is 0.123 e. The molecular formula is C13H20BrFN2. The lowest BCUT2D eigenvalue weighted by atomic mass is 10.1. The van der Waals surface area contributed by atoms with Gasteiger partial charge in [-0.25, -0.2) is 4.39 Å². The maximum atomic E-state index is 13.3. The zero-order valence-corrected chi connectivity index (χ0v) is 12.0. The number of unbranched alkanes of at least 4 members (excludes halogenated alkanes) is 1. The van der Waals surface area contributed by atoms with Crippen LogP contribution in [0.5, 0.6) is 0 Å². The van der Waals surface area contributed by atoms with E-state index in [2.05, 4.69) is 27.8 Å². The molecule has 1 aromatic carbocycles. The molecule has 17 heavy (non-hydrogen) atoms. The number of benzene rings is 1. The van der Waals surface area contributed by atoms with E-state index in [0.717, 1.165) is 29.4 Å². The van der Waals surface area contributed by atoms with Crippen LogP contribution in [-0.4, -0.2) is 25.0 Å². The number of rotatable bonds is 6. The van der Waals surface area contributed by atoms with Gasteiger partial charge >= 0.3 is 0 Å². The van der Waals surface area contributed by atoms with Gasteiger partial charge in [-0.1, -0.05) is 29.3 Å². The van der Waals surface area contributed by atoms with Gasteiger partial charge in [0.15, 0.2) is 0 Å². The lowest BCUT2D eigenvalue weighted by Gasteiger charge is -2.28. The van der Waals surface area contributed by atoms with Gasteiger partial charge in [-0.3, -0.25) is 4.90 Å². The molecule has 2 N–H and O–H groups in total. The molecule has 0 heterocycles. The summed E-state index contributed by atoms with van der Waals surface area (Å²) >= 11 is 3.46. The lowest BCUT2D eigenvalue weighted by molar-refractivity contribution is 0.245. The van der Waals surface area contributed by atoms with Crippen molar-refractivity contribution in [3.8, 4) is 0 Å². The van der Waals surface area contributed by atoms with Gasteiger partial charge in [0.2, 0.25) is 0 Å². The summed E-state index contributed by atoms with van der Waals surface area (Å²) in [7, 11) is 2.03. The third-order valence-corrected chi connectivity index (χ3v) is 3.66. The zero-order chi connectivity index (χ0) is 12.8. The maximum absolute atomic E-state index is 13.3. The summed E-state index contributed by atoms with van der Waals surface area (Å²) in [4.78, 5) is 2.18. The largest absolute Gasteiger partial charge is 0.329 e. The van der Waals surface area contributed by atoms with Crippen LogP contribution in [0.3, 0.4) is 0 Å². The first-order valence-corrected chi connectivity index (χ1v) is 6.74. The van der Waals surface area contributed by atoms with Crippen molar-refractivity contribution >= 4 is 15.9 Å². The summed E-state index contributed by atoms with van der Waals surface area (Å²) in [6, 6.07) is 4.81. The van der Waals surface area contributed by atoms with Gasteiger partial charge in [0, 0.05) is 17.1 Å². The molecule has 4 heteroatoms. The van der Waals surface area contributed by atoms with Gasteiger partial charge in [-0.2, -0.15) is 0 Å². The molecule has 0 aromatic heterocycles. The Morgan fingerprint density at radius 2 is 2.18 bits per heavy atom. The van der Waals surface area contributed by atoms with Crippen molar-refractivity contribution in [2.24, 2.45) is 5.73 Å². The van der Waals surface area contributed by atoms with Gasteiger partial charge in [0.05, 0.1) is 0 Å². The summed E-state index contributed by atoms with van der Waals surface area (Å²) in [5.74, 6) is -0.217. The Hall–Kier alpha value is -0.450. The Kier molecular flexibility index (Phi) is 6.09. The van der Waals surface area contributed by atoms with Crippen molar-refractivity contribution in [1.82, 2.24) is 4.90 Å². The first-order chi connectivity index (χ1) is 8.10. The summed E-state index contributed by atoms with van der Waals surface area (Å²) in [5.41, 5.74) is 6.73. The van der Waals surface area contributed by atoms with Gasteiger partial charge in [-0.15, -0.1) is 0 Å². The van der Waals surface area contributed by atoms with Crippen molar-refractivity contribution in [1.29, 1.82) is 0 Å². The number of likely N-dealkylation sites (N-methyl/N-ethyl adjacent to an activating group) is 1. The first kappa shape index (κ1) is 14.6. The van der Waals surface area contributed by atoms with E-state index in [1.165, 1.54) is 6.07 Å². The molecule has 0 aliphatic rings. The zero-order valence-electron chi connectivity index (χ0n) is 10.4. The second-order valence-electron chi connectivity index (χ2n) is 4.25. The topological polar surface area (TPSA) is 29.3 Å². The predicted octanol–water partition coefficient (Wildman–Crippen LogP) is 3.32. The minimum atomic E-state index is -0.217. The molecule has 0 aliphatic carbocycles. The SMILES string of the molecule is CCCCN(C)C(CN)c1cc(F)ccc1Br. The standard InChI is InChI=1S/C13H20BrFN2/c1-3-4-7-17(2)13(9-16)11-8-10(15)5-6-12(11)14/h5-6,8,13H,3-4,7,9,16H2,1-2H3. The van der Waals surface area contributed by atoms with E-state index in [1.807, 2.05) is 7.05 Å². The normalized spacial score (nSPS) is 13.1. The molecule has 0 bridgehead atoms. The van der Waals surface area contributed by atoms with Gasteiger partial charge < -0.3 is 5.73 Å². The van der Waals surface area contributed by atoms with Crippen LogP contribution in [0, 0.1) is 5.82 Å². The van der Waals surface area contributed by atoms with Crippen LogP contribution in [0.25, 0.3) is 0 Å². The van der Waals surface area contributed by atoms with Crippen LogP contribution in [0.1, 0.15) is 31.4 Å². The molecule has 1 aromatic rings. The molecule has 0 radical (unpaired) electrons.